The monoisotopic (exact) mass is 568 g/mol. The molecule has 0 aliphatic carbocycles. The third kappa shape index (κ3) is 5.46. The zero-order valence-corrected chi connectivity index (χ0v) is 19.1. The topological polar surface area (TPSA) is 102 Å². The van der Waals surface area contributed by atoms with Crippen molar-refractivity contribution in [3.05, 3.63) is 40.2 Å². The molecule has 0 aliphatic heterocycles. The van der Waals surface area contributed by atoms with Gasteiger partial charge in [-0.05, 0) is 53.9 Å². The molecule has 31 heavy (non-hydrogen) atoms. The van der Waals surface area contributed by atoms with Gasteiger partial charge in [-0.3, -0.25) is 0 Å². The number of ether oxygens (including phenoxy) is 2. The molecule has 2 aromatic carbocycles. The summed E-state index contributed by atoms with van der Waals surface area (Å²) in [4.78, 5) is 8.16. The summed E-state index contributed by atoms with van der Waals surface area (Å²) in [7, 11) is -1.11. The van der Waals surface area contributed by atoms with Crippen molar-refractivity contribution in [2.24, 2.45) is 0 Å². The van der Waals surface area contributed by atoms with Gasteiger partial charge >= 0.3 is 6.18 Å². The first kappa shape index (κ1) is 23.3. The molecule has 1 aromatic heterocycles. The number of halogens is 4. The Morgan fingerprint density at radius 2 is 1.87 bits per heavy atom. The fourth-order valence-corrected chi connectivity index (χ4v) is 4.06. The second kappa shape index (κ2) is 9.00. The molecule has 166 valence electrons. The number of benzene rings is 2. The maximum Gasteiger partial charge on any atom is 0.422 e. The molecular weight excluding hydrogens is 552 g/mol. The van der Waals surface area contributed by atoms with Gasteiger partial charge in [0.05, 0.1) is 26.8 Å². The van der Waals surface area contributed by atoms with Crippen molar-refractivity contribution < 1.29 is 31.1 Å². The predicted molar refractivity (Wildman–Crippen MR) is 116 cm³/mol. The zero-order valence-electron chi connectivity index (χ0n) is 16.1. The van der Waals surface area contributed by atoms with Crippen LogP contribution in [0.5, 0.6) is 11.5 Å². The van der Waals surface area contributed by atoms with Gasteiger partial charge in [0.25, 0.3) is 0 Å². The Balaban J connectivity index is 2.10. The van der Waals surface area contributed by atoms with E-state index in [0.717, 1.165) is 15.7 Å². The summed E-state index contributed by atoms with van der Waals surface area (Å²) >= 11 is 2.06. The van der Waals surface area contributed by atoms with Gasteiger partial charge in [0.15, 0.2) is 6.61 Å². The lowest BCUT2D eigenvalue weighted by molar-refractivity contribution is -0.153. The standard InChI is InChI=1S/C18H16F3IN4O4S/c1-23-31(27,28)10-3-4-15(30-8-18(19,20)21)14(5-10)26-17-11-6-12(22)16(29-2)7-13(11)24-9-25-17/h3-7,9,23H,8H2,1-2H3,(H,24,25,26). The minimum Gasteiger partial charge on any atom is -0.496 e. The average molecular weight is 568 g/mol. The van der Waals surface area contributed by atoms with Crippen LogP contribution in [0.3, 0.4) is 0 Å². The van der Waals surface area contributed by atoms with E-state index in [0.29, 0.717) is 16.7 Å². The molecule has 0 fully saturated rings. The molecule has 0 saturated carbocycles. The lowest BCUT2D eigenvalue weighted by Gasteiger charge is -2.16. The molecule has 3 rings (SSSR count). The number of fused-ring (bicyclic) bond motifs is 1. The smallest absolute Gasteiger partial charge is 0.422 e. The quantitative estimate of drug-likeness (QED) is 0.418. The van der Waals surface area contributed by atoms with Gasteiger partial charge in [-0.1, -0.05) is 0 Å². The minimum atomic E-state index is -4.57. The van der Waals surface area contributed by atoms with Crippen LogP contribution < -0.4 is 19.5 Å². The summed E-state index contributed by atoms with van der Waals surface area (Å²) in [5, 5.41) is 3.43. The summed E-state index contributed by atoms with van der Waals surface area (Å²) in [6.45, 7) is -1.54. The Hall–Kier alpha value is -2.39. The van der Waals surface area contributed by atoms with Crippen molar-refractivity contribution in [2.45, 2.75) is 11.1 Å². The molecule has 3 aromatic rings. The van der Waals surface area contributed by atoms with E-state index in [1.54, 1.807) is 12.1 Å². The van der Waals surface area contributed by atoms with E-state index in [1.165, 1.54) is 26.6 Å². The Morgan fingerprint density at radius 1 is 1.13 bits per heavy atom. The van der Waals surface area contributed by atoms with Crippen LogP contribution >= 0.6 is 22.6 Å². The average Bonchev–Trinajstić information content (AvgIpc) is 2.72. The minimum absolute atomic E-state index is 0.00796. The molecule has 0 saturated heterocycles. The highest BCUT2D eigenvalue weighted by molar-refractivity contribution is 14.1. The van der Waals surface area contributed by atoms with Crippen molar-refractivity contribution in [3.8, 4) is 11.5 Å². The number of hydrogen-bond acceptors (Lipinski definition) is 7. The highest BCUT2D eigenvalue weighted by Gasteiger charge is 2.29. The van der Waals surface area contributed by atoms with Gasteiger partial charge < -0.3 is 14.8 Å². The summed E-state index contributed by atoms with van der Waals surface area (Å²) < 4.78 is 75.4. The highest BCUT2D eigenvalue weighted by Crippen LogP contribution is 2.35. The van der Waals surface area contributed by atoms with Crippen molar-refractivity contribution in [1.29, 1.82) is 0 Å². The number of sulfonamides is 1. The Kier molecular flexibility index (Phi) is 6.76. The summed E-state index contributed by atoms with van der Waals surface area (Å²) in [5.74, 6) is 0.651. The van der Waals surface area contributed by atoms with Crippen LogP contribution in [-0.2, 0) is 10.0 Å². The Bertz CT molecular complexity index is 1220. The number of nitrogens with zero attached hydrogens (tertiary/aromatic N) is 2. The van der Waals surface area contributed by atoms with Gasteiger partial charge in [0, 0.05) is 11.5 Å². The number of alkyl halides is 3. The number of aromatic nitrogens is 2. The normalized spacial score (nSPS) is 12.1. The lowest BCUT2D eigenvalue weighted by atomic mass is 10.2. The van der Waals surface area contributed by atoms with Gasteiger partial charge in [-0.2, -0.15) is 13.2 Å². The maximum absolute atomic E-state index is 12.7. The van der Waals surface area contributed by atoms with Crippen LogP contribution in [0.2, 0.25) is 0 Å². The predicted octanol–water partition coefficient (Wildman–Crippen LogP) is 3.84. The first-order chi connectivity index (χ1) is 14.5. The van der Waals surface area contributed by atoms with Gasteiger partial charge in [-0.25, -0.2) is 23.1 Å². The SMILES string of the molecule is CNS(=O)(=O)c1ccc(OCC(F)(F)F)c(Nc2ncnc3cc(OC)c(I)cc23)c1. The van der Waals surface area contributed by atoms with Gasteiger partial charge in [0.2, 0.25) is 10.0 Å². The van der Waals surface area contributed by atoms with Crippen LogP contribution in [0.25, 0.3) is 10.9 Å². The second-order valence-corrected chi connectivity index (χ2v) is 9.17. The molecule has 0 atom stereocenters. The molecule has 0 radical (unpaired) electrons. The molecule has 8 nitrogen and oxygen atoms in total. The van der Waals surface area contributed by atoms with Crippen LogP contribution in [0, 0.1) is 3.57 Å². The van der Waals surface area contributed by atoms with Crippen LogP contribution in [0.4, 0.5) is 24.7 Å². The molecule has 0 aliphatic rings. The van der Waals surface area contributed by atoms with Gasteiger partial charge in [-0.15, -0.1) is 0 Å². The number of hydrogen-bond donors (Lipinski definition) is 2. The molecular formula is C18H16F3IN4O4S. The first-order valence-corrected chi connectivity index (χ1v) is 11.1. The van der Waals surface area contributed by atoms with E-state index in [-0.39, 0.29) is 22.2 Å². The Morgan fingerprint density at radius 3 is 2.52 bits per heavy atom. The maximum atomic E-state index is 12.7. The van der Waals surface area contributed by atoms with E-state index >= 15 is 0 Å². The number of nitrogens with one attached hydrogen (secondary N) is 2. The highest BCUT2D eigenvalue weighted by atomic mass is 127. The fourth-order valence-electron chi connectivity index (χ4n) is 2.62. The largest absolute Gasteiger partial charge is 0.496 e. The molecule has 0 amide bonds. The Labute approximate surface area is 189 Å². The second-order valence-electron chi connectivity index (χ2n) is 6.12. The summed E-state index contributed by atoms with van der Waals surface area (Å²) in [6.07, 6.45) is -3.30. The molecule has 1 heterocycles. The number of methoxy groups -OCH3 is 1. The fraction of sp³-hybridized carbons (Fsp3) is 0.222. The first-order valence-electron chi connectivity index (χ1n) is 8.56. The molecule has 0 spiro atoms. The zero-order chi connectivity index (χ0) is 22.8. The van der Waals surface area contributed by atoms with Gasteiger partial charge in [0.1, 0.15) is 23.6 Å². The van der Waals surface area contributed by atoms with Crippen LogP contribution in [-0.4, -0.2) is 45.3 Å². The van der Waals surface area contributed by atoms with Crippen molar-refractivity contribution in [1.82, 2.24) is 14.7 Å². The van der Waals surface area contributed by atoms with E-state index in [1.807, 2.05) is 0 Å². The lowest BCUT2D eigenvalue weighted by Crippen LogP contribution is -2.20. The van der Waals surface area contributed by atoms with E-state index in [2.05, 4.69) is 42.6 Å². The number of rotatable bonds is 7. The van der Waals surface area contributed by atoms with Crippen molar-refractivity contribution >= 4 is 55.0 Å². The van der Waals surface area contributed by atoms with E-state index in [4.69, 9.17) is 9.47 Å². The van der Waals surface area contributed by atoms with Crippen LogP contribution in [0.15, 0.2) is 41.6 Å². The number of anilines is 2. The van der Waals surface area contributed by atoms with E-state index in [9.17, 15) is 21.6 Å². The molecule has 0 unspecified atom stereocenters. The third-order valence-corrected chi connectivity index (χ3v) is 6.34. The molecule has 2 N–H and O–H groups in total. The third-order valence-electron chi connectivity index (χ3n) is 4.08. The van der Waals surface area contributed by atoms with E-state index < -0.39 is 22.8 Å². The van der Waals surface area contributed by atoms with Crippen molar-refractivity contribution in [2.75, 3.05) is 26.1 Å². The van der Waals surface area contributed by atoms with Crippen molar-refractivity contribution in [3.63, 3.8) is 0 Å². The molecule has 13 heteroatoms. The molecule has 0 bridgehead atoms. The summed E-state index contributed by atoms with van der Waals surface area (Å²) in [6, 6.07) is 6.89. The summed E-state index contributed by atoms with van der Waals surface area (Å²) in [5.41, 5.74) is 0.512. The van der Waals surface area contributed by atoms with Crippen LogP contribution in [0.1, 0.15) is 0 Å².